The highest BCUT2D eigenvalue weighted by atomic mass is 35.5. The Hall–Kier alpha value is -1.73. The molecule has 1 aliphatic rings. The van der Waals surface area contributed by atoms with Gasteiger partial charge in [-0.3, -0.25) is 4.90 Å². The van der Waals surface area contributed by atoms with Gasteiger partial charge in [-0.05, 0) is 35.4 Å². The lowest BCUT2D eigenvalue weighted by Gasteiger charge is -2.27. The second kappa shape index (κ2) is 11.3. The van der Waals surface area contributed by atoms with Gasteiger partial charge in [0.05, 0.1) is 13.2 Å². The summed E-state index contributed by atoms with van der Waals surface area (Å²) in [7, 11) is 0. The topological polar surface area (TPSA) is 53.6 Å². The summed E-state index contributed by atoms with van der Waals surface area (Å²) in [6.45, 7) is 5.50. The van der Waals surface area contributed by atoms with E-state index >= 15 is 0 Å². The molecule has 2 N–H and O–H groups in total. The number of thioether (sulfide) groups is 1. The molecule has 2 aromatic carbocycles. The summed E-state index contributed by atoms with van der Waals surface area (Å²) in [5.41, 5.74) is 2.41. The molecule has 3 rings (SSSR count). The van der Waals surface area contributed by atoms with Gasteiger partial charge in [-0.25, -0.2) is 4.79 Å². The normalized spacial score (nSPS) is 14.6. The summed E-state index contributed by atoms with van der Waals surface area (Å²) in [6, 6.07) is 15.8. The van der Waals surface area contributed by atoms with Crippen LogP contribution in [0, 0.1) is 0 Å². The number of rotatable bonds is 8. The van der Waals surface area contributed by atoms with Gasteiger partial charge in [0.2, 0.25) is 0 Å². The van der Waals surface area contributed by atoms with E-state index in [1.807, 2.05) is 36.4 Å². The summed E-state index contributed by atoms with van der Waals surface area (Å²) in [6.07, 6.45) is 0. The van der Waals surface area contributed by atoms with Crippen LogP contribution in [0.1, 0.15) is 11.1 Å². The van der Waals surface area contributed by atoms with Crippen LogP contribution in [0.3, 0.4) is 0 Å². The van der Waals surface area contributed by atoms with Crippen molar-refractivity contribution in [2.75, 3.05) is 38.6 Å². The van der Waals surface area contributed by atoms with Crippen molar-refractivity contribution in [3.05, 3.63) is 64.7 Å². The molecule has 28 heavy (non-hydrogen) atoms. The van der Waals surface area contributed by atoms with Crippen LogP contribution >= 0.6 is 23.4 Å². The maximum Gasteiger partial charge on any atom is 0.315 e. The fourth-order valence-corrected chi connectivity index (χ4v) is 3.88. The molecule has 0 saturated carbocycles. The Morgan fingerprint density at radius 1 is 1.04 bits per heavy atom. The lowest BCUT2D eigenvalue weighted by molar-refractivity contribution is 0.0341. The maximum atomic E-state index is 12.1. The van der Waals surface area contributed by atoms with Gasteiger partial charge in [0.15, 0.2) is 0 Å². The number of hydrogen-bond donors (Lipinski definition) is 2. The van der Waals surface area contributed by atoms with Crippen LogP contribution in [0.25, 0.3) is 0 Å². The third-order valence-corrected chi connectivity index (χ3v) is 5.79. The molecule has 0 aromatic heterocycles. The average Bonchev–Trinajstić information content (AvgIpc) is 2.73. The van der Waals surface area contributed by atoms with Gasteiger partial charge in [0.25, 0.3) is 0 Å². The predicted molar refractivity (Wildman–Crippen MR) is 115 cm³/mol. The Morgan fingerprint density at radius 2 is 1.75 bits per heavy atom. The van der Waals surface area contributed by atoms with E-state index in [-0.39, 0.29) is 6.03 Å². The number of hydrogen-bond acceptors (Lipinski definition) is 4. The zero-order valence-corrected chi connectivity index (χ0v) is 17.4. The van der Waals surface area contributed by atoms with E-state index in [0.29, 0.717) is 13.1 Å². The quantitative estimate of drug-likeness (QED) is 0.505. The molecule has 1 aliphatic heterocycles. The van der Waals surface area contributed by atoms with E-state index in [1.165, 1.54) is 5.56 Å². The number of carbonyl (C=O) groups is 1. The molecule has 0 aliphatic carbocycles. The van der Waals surface area contributed by atoms with Gasteiger partial charge < -0.3 is 15.4 Å². The Morgan fingerprint density at radius 3 is 2.50 bits per heavy atom. The number of nitrogens with one attached hydrogen (secondary N) is 2. The van der Waals surface area contributed by atoms with Gasteiger partial charge in [0, 0.05) is 48.4 Å². The minimum absolute atomic E-state index is 0.141. The molecule has 0 radical (unpaired) electrons. The molecule has 7 heteroatoms. The number of amides is 2. The molecule has 0 spiro atoms. The molecule has 1 fully saturated rings. The Labute approximate surface area is 175 Å². The van der Waals surface area contributed by atoms with Crippen molar-refractivity contribution in [3.63, 3.8) is 0 Å². The van der Waals surface area contributed by atoms with Crippen LogP contribution in [-0.2, 0) is 17.8 Å². The fourth-order valence-electron chi connectivity index (χ4n) is 2.99. The van der Waals surface area contributed by atoms with Crippen LogP contribution in [0.4, 0.5) is 4.79 Å². The first-order valence-corrected chi connectivity index (χ1v) is 10.8. The molecule has 2 amide bonds. The minimum Gasteiger partial charge on any atom is -0.379 e. The first kappa shape index (κ1) is 21.0. The molecular formula is C21H26ClN3O2S. The monoisotopic (exact) mass is 419 g/mol. The summed E-state index contributed by atoms with van der Waals surface area (Å²) in [5.74, 6) is 0.808. The Balaban J connectivity index is 1.38. The molecule has 150 valence electrons. The van der Waals surface area contributed by atoms with Gasteiger partial charge >= 0.3 is 6.03 Å². The third-order valence-electron chi connectivity index (χ3n) is 4.53. The first-order chi connectivity index (χ1) is 13.7. The highest BCUT2D eigenvalue weighted by molar-refractivity contribution is 7.99. The van der Waals surface area contributed by atoms with Gasteiger partial charge in [0.1, 0.15) is 0 Å². The summed E-state index contributed by atoms with van der Waals surface area (Å²) in [4.78, 5) is 15.6. The number of benzene rings is 2. The molecule has 5 nitrogen and oxygen atoms in total. The zero-order valence-electron chi connectivity index (χ0n) is 15.8. The second-order valence-electron chi connectivity index (χ2n) is 6.57. The highest BCUT2D eigenvalue weighted by Crippen LogP contribution is 2.19. The number of halogens is 1. The van der Waals surface area contributed by atoms with Crippen molar-refractivity contribution in [1.29, 1.82) is 0 Å². The largest absolute Gasteiger partial charge is 0.379 e. The lowest BCUT2D eigenvalue weighted by Crippen LogP contribution is -2.37. The van der Waals surface area contributed by atoms with Crippen molar-refractivity contribution in [2.45, 2.75) is 18.0 Å². The third kappa shape index (κ3) is 7.02. The zero-order chi connectivity index (χ0) is 19.6. The number of nitrogens with zero attached hydrogens (tertiary/aromatic N) is 1. The molecule has 1 saturated heterocycles. The second-order valence-corrected chi connectivity index (χ2v) is 8.17. The Bertz CT molecular complexity index is 752. The maximum absolute atomic E-state index is 12.1. The Kier molecular flexibility index (Phi) is 8.48. The average molecular weight is 420 g/mol. The number of morpholine rings is 1. The van der Waals surface area contributed by atoms with E-state index in [9.17, 15) is 4.79 Å². The standard InChI is InChI=1S/C21H26ClN3O2S/c22-19-5-7-20(8-6-19)28-14-9-23-21(26)24-15-17-3-1-2-4-18(17)16-25-10-12-27-13-11-25/h1-8H,9-16H2,(H2,23,24,26). The molecule has 1 heterocycles. The van der Waals surface area contributed by atoms with Gasteiger partial charge in [-0.1, -0.05) is 35.9 Å². The predicted octanol–water partition coefficient (Wildman–Crippen LogP) is 3.76. The number of urea groups is 1. The van der Waals surface area contributed by atoms with E-state index < -0.39 is 0 Å². The van der Waals surface area contributed by atoms with Crippen LogP contribution in [0.2, 0.25) is 5.02 Å². The van der Waals surface area contributed by atoms with Crippen molar-refractivity contribution in [3.8, 4) is 0 Å². The van der Waals surface area contributed by atoms with Crippen LogP contribution in [-0.4, -0.2) is 49.5 Å². The van der Waals surface area contributed by atoms with Crippen molar-refractivity contribution in [2.24, 2.45) is 0 Å². The van der Waals surface area contributed by atoms with Crippen LogP contribution in [0.15, 0.2) is 53.4 Å². The number of carbonyl (C=O) groups excluding carboxylic acids is 1. The van der Waals surface area contributed by atoms with Crippen LogP contribution < -0.4 is 10.6 Å². The van der Waals surface area contributed by atoms with Crippen molar-refractivity contribution >= 4 is 29.4 Å². The number of ether oxygens (including phenoxy) is 1. The molecular weight excluding hydrogens is 394 g/mol. The van der Waals surface area contributed by atoms with Gasteiger partial charge in [-0.2, -0.15) is 0 Å². The molecule has 0 unspecified atom stereocenters. The smallest absolute Gasteiger partial charge is 0.315 e. The summed E-state index contributed by atoms with van der Waals surface area (Å²) < 4.78 is 5.41. The highest BCUT2D eigenvalue weighted by Gasteiger charge is 2.13. The SMILES string of the molecule is O=C(NCCSc1ccc(Cl)cc1)NCc1ccccc1CN1CCOCC1. The van der Waals surface area contributed by atoms with Crippen LogP contribution in [0.5, 0.6) is 0 Å². The summed E-state index contributed by atoms with van der Waals surface area (Å²) in [5, 5.41) is 6.61. The van der Waals surface area contributed by atoms with Gasteiger partial charge in [-0.15, -0.1) is 11.8 Å². The summed E-state index contributed by atoms with van der Waals surface area (Å²) >= 11 is 7.57. The molecule has 2 aromatic rings. The fraction of sp³-hybridized carbons (Fsp3) is 0.381. The first-order valence-electron chi connectivity index (χ1n) is 9.47. The van der Waals surface area contributed by atoms with Crippen molar-refractivity contribution < 1.29 is 9.53 Å². The minimum atomic E-state index is -0.141. The van der Waals surface area contributed by atoms with E-state index in [0.717, 1.165) is 54.1 Å². The van der Waals surface area contributed by atoms with Crippen molar-refractivity contribution in [1.82, 2.24) is 15.5 Å². The van der Waals surface area contributed by atoms with E-state index in [2.05, 4.69) is 27.7 Å². The van der Waals surface area contributed by atoms with E-state index in [4.69, 9.17) is 16.3 Å². The molecule has 0 atom stereocenters. The molecule has 0 bridgehead atoms. The lowest BCUT2D eigenvalue weighted by atomic mass is 10.1. The van der Waals surface area contributed by atoms with E-state index in [1.54, 1.807) is 11.8 Å².